The normalized spacial score (nSPS) is 24.4. The summed E-state index contributed by atoms with van der Waals surface area (Å²) in [5, 5.41) is 0.404. The number of halogens is 1. The minimum atomic E-state index is -2.08. The molecule has 2 heterocycles. The third-order valence-corrected chi connectivity index (χ3v) is 7.71. The molecule has 3 aliphatic rings. The molecule has 0 bridgehead atoms. The monoisotopic (exact) mass is 485 g/mol. The second-order valence-corrected chi connectivity index (χ2v) is 9.75. The van der Waals surface area contributed by atoms with E-state index >= 15 is 0 Å². The van der Waals surface area contributed by atoms with Crippen molar-refractivity contribution in [3.05, 3.63) is 99.6 Å². The highest BCUT2D eigenvalue weighted by Crippen LogP contribution is 2.57. The standard InChI is InChI=1S/C28H20ClNO5/c1-14-6-5-7-16(12-14)23-21-22(27(34)30(26(21)33)17-11-10-15(2)20(29)13-17)28(35-23)24(31)18-8-3-4-9-19(18)25(28)32/h3-13,21-23H,1-2H3/t21-,22+,23-/m0/s1. The molecule has 7 heteroatoms. The van der Waals surface area contributed by atoms with Gasteiger partial charge in [-0.05, 0) is 37.1 Å². The Hall–Kier alpha value is -3.61. The Labute approximate surface area is 206 Å². The second kappa shape index (κ2) is 7.44. The number of amides is 2. The van der Waals surface area contributed by atoms with Gasteiger partial charge in [0.05, 0.1) is 23.6 Å². The van der Waals surface area contributed by atoms with Gasteiger partial charge in [0, 0.05) is 16.1 Å². The molecule has 2 aliphatic heterocycles. The third-order valence-electron chi connectivity index (χ3n) is 7.30. The molecule has 3 aromatic carbocycles. The van der Waals surface area contributed by atoms with E-state index in [4.69, 9.17) is 16.3 Å². The number of fused-ring (bicyclic) bond motifs is 3. The minimum Gasteiger partial charge on any atom is -0.349 e. The molecule has 0 unspecified atom stereocenters. The number of anilines is 1. The highest BCUT2D eigenvalue weighted by atomic mass is 35.5. The molecular formula is C28H20ClNO5. The summed E-state index contributed by atoms with van der Waals surface area (Å²) in [6.45, 7) is 3.72. The van der Waals surface area contributed by atoms with Crippen molar-refractivity contribution >= 4 is 40.7 Å². The smallest absolute Gasteiger partial charge is 0.241 e. The van der Waals surface area contributed by atoms with E-state index in [2.05, 4.69) is 0 Å². The fourth-order valence-corrected chi connectivity index (χ4v) is 5.82. The third kappa shape index (κ3) is 2.81. The predicted molar refractivity (Wildman–Crippen MR) is 129 cm³/mol. The van der Waals surface area contributed by atoms with Crippen molar-refractivity contribution in [2.75, 3.05) is 4.90 Å². The average molecular weight is 486 g/mol. The van der Waals surface area contributed by atoms with Crippen LogP contribution in [0.5, 0.6) is 0 Å². The molecule has 2 fully saturated rings. The topological polar surface area (TPSA) is 80.8 Å². The summed E-state index contributed by atoms with van der Waals surface area (Å²) < 4.78 is 6.30. The maximum Gasteiger partial charge on any atom is 0.241 e. The molecule has 6 rings (SSSR count). The van der Waals surface area contributed by atoms with Gasteiger partial charge in [-0.15, -0.1) is 0 Å². The number of hydrogen-bond acceptors (Lipinski definition) is 5. The number of carbonyl (C=O) groups is 4. The number of nitrogens with zero attached hydrogens (tertiary/aromatic N) is 1. The molecule has 0 saturated carbocycles. The molecule has 2 amide bonds. The Morgan fingerprint density at radius 2 is 1.51 bits per heavy atom. The average Bonchev–Trinajstić information content (AvgIpc) is 3.41. The Kier molecular flexibility index (Phi) is 4.66. The second-order valence-electron chi connectivity index (χ2n) is 9.34. The van der Waals surface area contributed by atoms with E-state index < -0.39 is 46.9 Å². The Bertz CT molecular complexity index is 1440. The van der Waals surface area contributed by atoms with Crippen LogP contribution in [0, 0.1) is 25.7 Å². The lowest BCUT2D eigenvalue weighted by Crippen LogP contribution is -2.51. The number of ether oxygens (including phenoxy) is 1. The molecule has 6 nitrogen and oxygen atoms in total. The van der Waals surface area contributed by atoms with Crippen LogP contribution in [0.15, 0.2) is 66.7 Å². The summed E-state index contributed by atoms with van der Waals surface area (Å²) in [6, 6.07) is 18.7. The van der Waals surface area contributed by atoms with Crippen LogP contribution in [0.2, 0.25) is 5.02 Å². The van der Waals surface area contributed by atoms with Gasteiger partial charge in [-0.2, -0.15) is 0 Å². The van der Waals surface area contributed by atoms with Crippen molar-refractivity contribution in [1.29, 1.82) is 0 Å². The van der Waals surface area contributed by atoms with Gasteiger partial charge in [0.25, 0.3) is 0 Å². The predicted octanol–water partition coefficient (Wildman–Crippen LogP) is 4.65. The van der Waals surface area contributed by atoms with Crippen LogP contribution < -0.4 is 4.90 Å². The zero-order valence-electron chi connectivity index (χ0n) is 18.9. The van der Waals surface area contributed by atoms with Gasteiger partial charge in [-0.3, -0.25) is 19.2 Å². The van der Waals surface area contributed by atoms with Gasteiger partial charge >= 0.3 is 0 Å². The SMILES string of the molecule is Cc1cccc([C@@H]2OC3(C(=O)c4ccccc4C3=O)[C@H]3C(=O)N(c4ccc(C)c(Cl)c4)C(=O)[C@H]23)c1. The molecule has 0 radical (unpaired) electrons. The van der Waals surface area contributed by atoms with Crippen molar-refractivity contribution in [3.63, 3.8) is 0 Å². The Morgan fingerprint density at radius 3 is 2.14 bits per heavy atom. The number of carbonyl (C=O) groups excluding carboxylic acids is 4. The van der Waals surface area contributed by atoms with Gasteiger partial charge < -0.3 is 4.74 Å². The van der Waals surface area contributed by atoms with E-state index in [0.717, 1.165) is 16.0 Å². The quantitative estimate of drug-likeness (QED) is 0.390. The van der Waals surface area contributed by atoms with E-state index in [1.165, 1.54) is 0 Å². The van der Waals surface area contributed by atoms with Crippen LogP contribution in [-0.4, -0.2) is 29.0 Å². The van der Waals surface area contributed by atoms with Crippen LogP contribution >= 0.6 is 11.6 Å². The minimum absolute atomic E-state index is 0.207. The summed E-state index contributed by atoms with van der Waals surface area (Å²) in [6.07, 6.45) is -0.940. The van der Waals surface area contributed by atoms with Crippen molar-refractivity contribution in [3.8, 4) is 0 Å². The first-order valence-corrected chi connectivity index (χ1v) is 11.7. The molecular weight excluding hydrogens is 466 g/mol. The number of aryl methyl sites for hydroxylation is 2. The van der Waals surface area contributed by atoms with Crippen LogP contribution in [0.3, 0.4) is 0 Å². The largest absolute Gasteiger partial charge is 0.349 e. The Balaban J connectivity index is 1.55. The highest BCUT2D eigenvalue weighted by molar-refractivity contribution is 6.37. The zero-order chi connectivity index (χ0) is 24.6. The van der Waals surface area contributed by atoms with Crippen LogP contribution in [-0.2, 0) is 14.3 Å². The van der Waals surface area contributed by atoms with Gasteiger partial charge in [0.1, 0.15) is 0 Å². The lowest BCUT2D eigenvalue weighted by atomic mass is 9.77. The summed E-state index contributed by atoms with van der Waals surface area (Å²) in [5.41, 5.74) is 0.991. The molecule has 3 aromatic rings. The Morgan fingerprint density at radius 1 is 0.829 bits per heavy atom. The lowest BCUT2D eigenvalue weighted by Gasteiger charge is -2.27. The van der Waals surface area contributed by atoms with Crippen LogP contribution in [0.1, 0.15) is 43.5 Å². The molecule has 0 aromatic heterocycles. The molecule has 2 saturated heterocycles. The first-order valence-electron chi connectivity index (χ1n) is 11.3. The summed E-state index contributed by atoms with van der Waals surface area (Å²) in [5.74, 6) is -4.62. The number of hydrogen-bond donors (Lipinski definition) is 0. The fourth-order valence-electron chi connectivity index (χ4n) is 5.64. The van der Waals surface area contributed by atoms with Gasteiger partial charge in [-0.1, -0.05) is 71.8 Å². The van der Waals surface area contributed by atoms with Crippen LogP contribution in [0.25, 0.3) is 0 Å². The van der Waals surface area contributed by atoms with Crippen molar-refractivity contribution in [1.82, 2.24) is 0 Å². The van der Waals surface area contributed by atoms with Gasteiger partial charge in [-0.25, -0.2) is 4.90 Å². The summed E-state index contributed by atoms with van der Waals surface area (Å²) in [4.78, 5) is 56.3. The maximum atomic E-state index is 13.9. The van der Waals surface area contributed by atoms with Gasteiger partial charge in [0.15, 0.2) is 0 Å². The van der Waals surface area contributed by atoms with E-state index in [1.807, 2.05) is 32.0 Å². The number of imide groups is 1. The summed E-state index contributed by atoms with van der Waals surface area (Å²) >= 11 is 6.30. The van der Waals surface area contributed by atoms with Crippen LogP contribution in [0.4, 0.5) is 5.69 Å². The highest BCUT2D eigenvalue weighted by Gasteiger charge is 2.74. The maximum absolute atomic E-state index is 13.9. The molecule has 3 atom stereocenters. The van der Waals surface area contributed by atoms with E-state index in [1.54, 1.807) is 48.5 Å². The first kappa shape index (κ1) is 21.9. The molecule has 1 spiro atoms. The molecule has 35 heavy (non-hydrogen) atoms. The van der Waals surface area contributed by atoms with E-state index in [9.17, 15) is 19.2 Å². The van der Waals surface area contributed by atoms with E-state index in [-0.39, 0.29) is 11.1 Å². The van der Waals surface area contributed by atoms with Crippen molar-refractivity contribution in [2.24, 2.45) is 11.8 Å². The molecule has 174 valence electrons. The number of benzene rings is 3. The fraction of sp³-hybridized carbons (Fsp3) is 0.214. The lowest BCUT2D eigenvalue weighted by molar-refractivity contribution is -0.127. The van der Waals surface area contributed by atoms with E-state index in [0.29, 0.717) is 16.3 Å². The first-order chi connectivity index (χ1) is 16.8. The van der Waals surface area contributed by atoms with Crippen molar-refractivity contribution < 1.29 is 23.9 Å². The van der Waals surface area contributed by atoms with Gasteiger partial charge in [0.2, 0.25) is 29.0 Å². The number of ketones is 2. The zero-order valence-corrected chi connectivity index (χ0v) is 19.7. The van der Waals surface area contributed by atoms with Crippen molar-refractivity contribution in [2.45, 2.75) is 25.6 Å². The molecule has 1 aliphatic carbocycles. The number of rotatable bonds is 2. The molecule has 0 N–H and O–H groups in total. The summed E-state index contributed by atoms with van der Waals surface area (Å²) in [7, 11) is 0. The number of Topliss-reactive ketones (excluding diaryl/α,β-unsaturated/α-hetero) is 2.